The second kappa shape index (κ2) is 5.89. The van der Waals surface area contributed by atoms with Crippen molar-refractivity contribution in [2.45, 2.75) is 18.8 Å². The van der Waals surface area contributed by atoms with E-state index < -0.39 is 0 Å². The van der Waals surface area contributed by atoms with Crippen LogP contribution in [0.4, 0.5) is 4.39 Å². The Balaban J connectivity index is 2.45. The van der Waals surface area contributed by atoms with E-state index in [1.54, 1.807) is 13.2 Å². The predicted molar refractivity (Wildman–Crippen MR) is 72.0 cm³/mol. The van der Waals surface area contributed by atoms with E-state index in [4.69, 9.17) is 9.47 Å². The molecule has 0 aromatic heterocycles. The first kappa shape index (κ1) is 13.6. The number of nitrogens with one attached hydrogen (secondary N) is 1. The molecule has 1 saturated heterocycles. The average Bonchev–Trinajstić information content (AvgIpc) is 2.39. The van der Waals surface area contributed by atoms with E-state index in [9.17, 15) is 4.39 Å². The number of benzene rings is 1. The number of hydrogen-bond acceptors (Lipinski definition) is 3. The van der Waals surface area contributed by atoms with Crippen LogP contribution in [0, 0.1) is 5.82 Å². The van der Waals surface area contributed by atoms with Gasteiger partial charge in [-0.15, -0.1) is 0 Å². The number of rotatable bonds is 3. The van der Waals surface area contributed by atoms with Gasteiger partial charge in [0.15, 0.2) is 11.6 Å². The van der Waals surface area contributed by atoms with Crippen LogP contribution in [0.3, 0.4) is 0 Å². The summed E-state index contributed by atoms with van der Waals surface area (Å²) < 4.78 is 25.0. The number of methoxy groups -OCH3 is 2. The van der Waals surface area contributed by atoms with E-state index in [2.05, 4.69) is 21.2 Å². The predicted octanol–water partition coefficient (Wildman–Crippen LogP) is 3.07. The molecule has 18 heavy (non-hydrogen) atoms. The number of piperidine rings is 1. The molecule has 1 fully saturated rings. The fourth-order valence-electron chi connectivity index (χ4n) is 2.43. The minimum atomic E-state index is -0.348. The van der Waals surface area contributed by atoms with Crippen molar-refractivity contribution in [2.75, 3.05) is 27.3 Å². The first-order valence-electron chi connectivity index (χ1n) is 5.99. The van der Waals surface area contributed by atoms with Crippen LogP contribution in [0.25, 0.3) is 0 Å². The third-order valence-corrected chi connectivity index (χ3v) is 4.07. The van der Waals surface area contributed by atoms with Crippen LogP contribution in [-0.4, -0.2) is 27.3 Å². The lowest BCUT2D eigenvalue weighted by atomic mass is 9.89. The maximum Gasteiger partial charge on any atom is 0.172 e. The van der Waals surface area contributed by atoms with Gasteiger partial charge in [-0.05, 0) is 53.8 Å². The van der Waals surface area contributed by atoms with Gasteiger partial charge in [-0.2, -0.15) is 0 Å². The highest BCUT2D eigenvalue weighted by atomic mass is 79.9. The van der Waals surface area contributed by atoms with Crippen LogP contribution < -0.4 is 14.8 Å². The molecule has 1 aromatic rings. The molecule has 3 nitrogen and oxygen atoms in total. The van der Waals surface area contributed by atoms with Gasteiger partial charge < -0.3 is 14.8 Å². The second-order valence-electron chi connectivity index (χ2n) is 4.35. The molecule has 0 unspecified atom stereocenters. The molecule has 0 amide bonds. The van der Waals surface area contributed by atoms with Crippen molar-refractivity contribution >= 4 is 15.9 Å². The molecule has 100 valence electrons. The summed E-state index contributed by atoms with van der Waals surface area (Å²) in [6.07, 6.45) is 1.99. The fraction of sp³-hybridized carbons (Fsp3) is 0.538. The SMILES string of the molecule is COc1c(F)cc(C2CCNCC2)c(OC)c1Br. The van der Waals surface area contributed by atoms with Crippen LogP contribution >= 0.6 is 15.9 Å². The lowest BCUT2D eigenvalue weighted by molar-refractivity contribution is 0.359. The lowest BCUT2D eigenvalue weighted by Crippen LogP contribution is -2.27. The Kier molecular flexibility index (Phi) is 4.45. The third-order valence-electron chi connectivity index (χ3n) is 3.35. The van der Waals surface area contributed by atoms with Crippen molar-refractivity contribution < 1.29 is 13.9 Å². The van der Waals surface area contributed by atoms with E-state index in [0.717, 1.165) is 31.5 Å². The van der Waals surface area contributed by atoms with E-state index in [1.807, 2.05) is 0 Å². The Morgan fingerprint density at radius 2 is 1.83 bits per heavy atom. The molecular formula is C13H17BrFNO2. The molecule has 0 saturated carbocycles. The van der Waals surface area contributed by atoms with Gasteiger partial charge in [-0.25, -0.2) is 4.39 Å². The average molecular weight is 318 g/mol. The Morgan fingerprint density at radius 1 is 1.22 bits per heavy atom. The van der Waals surface area contributed by atoms with E-state index >= 15 is 0 Å². The molecule has 1 aliphatic heterocycles. The lowest BCUT2D eigenvalue weighted by Gasteiger charge is -2.25. The standard InChI is InChI=1S/C13H17BrFNO2/c1-17-12-9(8-3-5-16-6-4-8)7-10(15)13(18-2)11(12)14/h7-8,16H,3-6H2,1-2H3. The highest BCUT2D eigenvalue weighted by Gasteiger charge is 2.24. The van der Waals surface area contributed by atoms with E-state index in [-0.39, 0.29) is 11.6 Å². The monoisotopic (exact) mass is 317 g/mol. The summed E-state index contributed by atoms with van der Waals surface area (Å²) in [6.45, 7) is 1.91. The highest BCUT2D eigenvalue weighted by Crippen LogP contribution is 2.43. The van der Waals surface area contributed by atoms with Gasteiger partial charge >= 0.3 is 0 Å². The Labute approximate surface area is 115 Å². The zero-order valence-electron chi connectivity index (χ0n) is 10.6. The van der Waals surface area contributed by atoms with Crippen molar-refractivity contribution in [3.8, 4) is 11.5 Å². The van der Waals surface area contributed by atoms with Gasteiger partial charge in [0.1, 0.15) is 10.2 Å². The summed E-state index contributed by atoms with van der Waals surface area (Å²) in [7, 11) is 3.05. The van der Waals surface area contributed by atoms with Gasteiger partial charge in [0.25, 0.3) is 0 Å². The fourth-order valence-corrected chi connectivity index (χ4v) is 3.18. The van der Waals surface area contributed by atoms with Crippen molar-refractivity contribution in [1.29, 1.82) is 0 Å². The quantitative estimate of drug-likeness (QED) is 0.929. The smallest absolute Gasteiger partial charge is 0.172 e. The van der Waals surface area contributed by atoms with E-state index in [1.165, 1.54) is 7.11 Å². The topological polar surface area (TPSA) is 30.5 Å². The maximum atomic E-state index is 14.0. The van der Waals surface area contributed by atoms with Crippen LogP contribution in [-0.2, 0) is 0 Å². The van der Waals surface area contributed by atoms with E-state index in [0.29, 0.717) is 16.1 Å². The molecule has 1 aromatic carbocycles. The normalized spacial score (nSPS) is 16.7. The molecule has 0 spiro atoms. The molecule has 0 radical (unpaired) electrons. The minimum Gasteiger partial charge on any atom is -0.495 e. The molecule has 2 rings (SSSR count). The highest BCUT2D eigenvalue weighted by molar-refractivity contribution is 9.10. The van der Waals surface area contributed by atoms with Crippen LogP contribution in [0.2, 0.25) is 0 Å². The summed E-state index contributed by atoms with van der Waals surface area (Å²) in [5.41, 5.74) is 0.921. The summed E-state index contributed by atoms with van der Waals surface area (Å²) in [4.78, 5) is 0. The maximum absolute atomic E-state index is 14.0. The van der Waals surface area contributed by atoms with Crippen molar-refractivity contribution in [3.63, 3.8) is 0 Å². The van der Waals surface area contributed by atoms with Crippen molar-refractivity contribution in [2.24, 2.45) is 0 Å². The summed E-state index contributed by atoms with van der Waals surface area (Å²) in [5, 5.41) is 3.30. The molecule has 5 heteroatoms. The van der Waals surface area contributed by atoms with Gasteiger partial charge in [-0.1, -0.05) is 0 Å². The zero-order valence-corrected chi connectivity index (χ0v) is 12.1. The number of hydrogen-bond donors (Lipinski definition) is 1. The molecular weight excluding hydrogens is 301 g/mol. The van der Waals surface area contributed by atoms with Gasteiger partial charge in [0, 0.05) is 5.56 Å². The second-order valence-corrected chi connectivity index (χ2v) is 5.15. The van der Waals surface area contributed by atoms with Gasteiger partial charge in [0.05, 0.1) is 14.2 Å². The first-order chi connectivity index (χ1) is 8.69. The Hall–Kier alpha value is -0.810. The molecule has 1 aliphatic rings. The van der Waals surface area contributed by atoms with Gasteiger partial charge in [-0.3, -0.25) is 0 Å². The van der Waals surface area contributed by atoms with Crippen LogP contribution in [0.1, 0.15) is 24.3 Å². The zero-order chi connectivity index (χ0) is 13.1. The summed E-state index contributed by atoms with van der Waals surface area (Å²) in [6, 6.07) is 1.54. The van der Waals surface area contributed by atoms with Gasteiger partial charge in [0.2, 0.25) is 0 Å². The molecule has 1 heterocycles. The first-order valence-corrected chi connectivity index (χ1v) is 6.79. The van der Waals surface area contributed by atoms with Crippen LogP contribution in [0.15, 0.2) is 10.5 Å². The van der Waals surface area contributed by atoms with Crippen molar-refractivity contribution in [3.05, 3.63) is 21.9 Å². The molecule has 0 atom stereocenters. The summed E-state index contributed by atoms with van der Waals surface area (Å²) in [5.74, 6) is 0.862. The summed E-state index contributed by atoms with van der Waals surface area (Å²) >= 11 is 3.36. The number of ether oxygens (including phenoxy) is 2. The molecule has 0 bridgehead atoms. The molecule has 0 aliphatic carbocycles. The third kappa shape index (κ3) is 2.47. The Bertz CT molecular complexity index is 433. The molecule has 1 N–H and O–H groups in total. The minimum absolute atomic E-state index is 0.199. The number of halogens is 2. The Morgan fingerprint density at radius 3 is 2.39 bits per heavy atom. The van der Waals surface area contributed by atoms with Crippen molar-refractivity contribution in [1.82, 2.24) is 5.32 Å². The largest absolute Gasteiger partial charge is 0.495 e. The van der Waals surface area contributed by atoms with Crippen LogP contribution in [0.5, 0.6) is 11.5 Å².